The van der Waals surface area contributed by atoms with Gasteiger partial charge < -0.3 is 10.1 Å². The van der Waals surface area contributed by atoms with Gasteiger partial charge in [-0.25, -0.2) is 4.79 Å². The lowest BCUT2D eigenvalue weighted by atomic mass is 9.76. The maximum absolute atomic E-state index is 13.1. The van der Waals surface area contributed by atoms with Crippen LogP contribution in [0.1, 0.15) is 51.5 Å². The van der Waals surface area contributed by atoms with Crippen LogP contribution in [0.5, 0.6) is 0 Å². The highest BCUT2D eigenvalue weighted by molar-refractivity contribution is 5.95. The van der Waals surface area contributed by atoms with Crippen molar-refractivity contribution in [3.05, 3.63) is 29.8 Å². The molecule has 1 saturated heterocycles. The Balaban J connectivity index is 1.59. The van der Waals surface area contributed by atoms with Crippen molar-refractivity contribution in [2.24, 2.45) is 5.41 Å². The molecule has 4 heteroatoms. The van der Waals surface area contributed by atoms with Crippen molar-refractivity contribution in [2.75, 3.05) is 24.7 Å². The van der Waals surface area contributed by atoms with Crippen LogP contribution in [0.2, 0.25) is 0 Å². The van der Waals surface area contributed by atoms with Gasteiger partial charge >= 0.3 is 6.03 Å². The number of benzene rings is 1. The second-order valence-electron chi connectivity index (χ2n) is 8.38. The first-order valence-corrected chi connectivity index (χ1v) is 9.27. The number of nitrogens with zero attached hydrogens (tertiary/aromatic N) is 1. The minimum absolute atomic E-state index is 0.0748. The lowest BCUT2D eigenvalue weighted by Gasteiger charge is -2.34. The van der Waals surface area contributed by atoms with Gasteiger partial charge in [-0.05, 0) is 42.7 Å². The fraction of sp³-hybridized carbons (Fsp3) is 0.650. The molecule has 4 nitrogen and oxygen atoms in total. The monoisotopic (exact) mass is 328 g/mol. The van der Waals surface area contributed by atoms with E-state index < -0.39 is 0 Å². The Hall–Kier alpha value is -1.55. The highest BCUT2D eigenvalue weighted by atomic mass is 16.5. The summed E-state index contributed by atoms with van der Waals surface area (Å²) in [7, 11) is 0. The third-order valence-corrected chi connectivity index (χ3v) is 6.48. The topological polar surface area (TPSA) is 41.6 Å². The summed E-state index contributed by atoms with van der Waals surface area (Å²) in [6.07, 6.45) is 5.49. The predicted octanol–water partition coefficient (Wildman–Crippen LogP) is 3.84. The molecule has 3 aliphatic rings. The highest BCUT2D eigenvalue weighted by Crippen LogP contribution is 2.47. The van der Waals surface area contributed by atoms with Crippen LogP contribution in [0, 0.1) is 5.41 Å². The Morgan fingerprint density at radius 2 is 1.96 bits per heavy atom. The van der Waals surface area contributed by atoms with E-state index >= 15 is 0 Å². The van der Waals surface area contributed by atoms with Gasteiger partial charge in [0.05, 0.1) is 0 Å². The number of para-hydroxylation sites is 1. The first kappa shape index (κ1) is 15.9. The van der Waals surface area contributed by atoms with Crippen LogP contribution in [-0.4, -0.2) is 31.8 Å². The molecule has 0 unspecified atom stereocenters. The number of carbonyl (C=O) groups excluding carboxylic acids is 1. The molecule has 0 bridgehead atoms. The fourth-order valence-electron chi connectivity index (χ4n) is 4.82. The summed E-state index contributed by atoms with van der Waals surface area (Å²) < 4.78 is 5.58. The van der Waals surface area contributed by atoms with E-state index in [9.17, 15) is 4.79 Å². The van der Waals surface area contributed by atoms with Crippen LogP contribution in [0.25, 0.3) is 0 Å². The number of fused-ring (bicyclic) bond motifs is 2. The Morgan fingerprint density at radius 1 is 1.21 bits per heavy atom. The van der Waals surface area contributed by atoms with Crippen LogP contribution in [0.4, 0.5) is 10.5 Å². The third-order valence-electron chi connectivity index (χ3n) is 6.48. The van der Waals surface area contributed by atoms with Gasteiger partial charge in [0.1, 0.15) is 0 Å². The number of carbonyl (C=O) groups is 1. The minimum atomic E-state index is 0.0748. The van der Waals surface area contributed by atoms with E-state index in [-0.39, 0.29) is 22.9 Å². The largest absolute Gasteiger partial charge is 0.381 e. The zero-order chi connectivity index (χ0) is 16.8. The molecular formula is C20H28N2O2. The maximum atomic E-state index is 13.1. The van der Waals surface area contributed by atoms with Gasteiger partial charge in [0.15, 0.2) is 0 Å². The summed E-state index contributed by atoms with van der Waals surface area (Å²) in [6.45, 7) is 6.90. The van der Waals surface area contributed by atoms with Crippen molar-refractivity contribution < 1.29 is 9.53 Å². The first-order valence-electron chi connectivity index (χ1n) is 9.27. The Bertz CT molecular complexity index is 634. The average molecular weight is 328 g/mol. The summed E-state index contributed by atoms with van der Waals surface area (Å²) in [5, 5.41) is 3.33. The van der Waals surface area contributed by atoms with E-state index in [4.69, 9.17) is 4.74 Å². The Labute approximate surface area is 144 Å². The molecule has 1 N–H and O–H groups in total. The van der Waals surface area contributed by atoms with Gasteiger partial charge in [0.2, 0.25) is 0 Å². The average Bonchev–Trinajstić information content (AvgIpc) is 3.07. The molecule has 1 aromatic rings. The molecule has 1 aliphatic carbocycles. The van der Waals surface area contributed by atoms with E-state index in [0.29, 0.717) is 0 Å². The quantitative estimate of drug-likeness (QED) is 0.851. The molecule has 1 saturated carbocycles. The van der Waals surface area contributed by atoms with Crippen molar-refractivity contribution in [3.8, 4) is 0 Å². The zero-order valence-electron chi connectivity index (χ0n) is 14.8. The maximum Gasteiger partial charge on any atom is 0.322 e. The van der Waals surface area contributed by atoms with Crippen molar-refractivity contribution in [1.82, 2.24) is 5.32 Å². The SMILES string of the molecule is CC1(C)CCC[C@H]1NC(=O)N1CC2(CCOCC2)c2ccccc21. The number of ether oxygens (including phenoxy) is 1. The molecule has 130 valence electrons. The molecule has 1 aromatic carbocycles. The number of nitrogens with one attached hydrogen (secondary N) is 1. The lowest BCUT2D eigenvalue weighted by molar-refractivity contribution is 0.0555. The molecule has 1 atom stereocenters. The lowest BCUT2D eigenvalue weighted by Crippen LogP contribution is -2.50. The molecule has 2 fully saturated rings. The van der Waals surface area contributed by atoms with Crippen LogP contribution in [0.15, 0.2) is 24.3 Å². The number of urea groups is 1. The van der Waals surface area contributed by atoms with Crippen LogP contribution in [0.3, 0.4) is 0 Å². The molecule has 1 spiro atoms. The van der Waals surface area contributed by atoms with Crippen molar-refractivity contribution in [3.63, 3.8) is 0 Å². The molecule has 24 heavy (non-hydrogen) atoms. The first-order chi connectivity index (χ1) is 11.5. The van der Waals surface area contributed by atoms with E-state index in [1.165, 1.54) is 18.4 Å². The molecule has 2 heterocycles. The normalized spacial score (nSPS) is 27.2. The minimum Gasteiger partial charge on any atom is -0.381 e. The molecule has 2 aliphatic heterocycles. The van der Waals surface area contributed by atoms with Crippen molar-refractivity contribution in [1.29, 1.82) is 0 Å². The molecule has 2 amide bonds. The van der Waals surface area contributed by atoms with Gasteiger partial charge in [0, 0.05) is 36.9 Å². The van der Waals surface area contributed by atoms with Crippen molar-refractivity contribution in [2.45, 2.75) is 57.4 Å². The van der Waals surface area contributed by atoms with Gasteiger partial charge in [-0.3, -0.25) is 4.90 Å². The van der Waals surface area contributed by atoms with Gasteiger partial charge in [-0.1, -0.05) is 38.5 Å². The van der Waals surface area contributed by atoms with Crippen LogP contribution >= 0.6 is 0 Å². The zero-order valence-corrected chi connectivity index (χ0v) is 14.8. The Morgan fingerprint density at radius 3 is 2.67 bits per heavy atom. The number of rotatable bonds is 1. The third kappa shape index (κ3) is 2.52. The van der Waals surface area contributed by atoms with Crippen LogP contribution < -0.4 is 10.2 Å². The molecular weight excluding hydrogens is 300 g/mol. The van der Waals surface area contributed by atoms with Gasteiger partial charge in [-0.15, -0.1) is 0 Å². The second-order valence-corrected chi connectivity index (χ2v) is 8.38. The fourth-order valence-corrected chi connectivity index (χ4v) is 4.82. The van der Waals surface area contributed by atoms with Crippen LogP contribution in [-0.2, 0) is 10.2 Å². The Kier molecular flexibility index (Phi) is 3.83. The standard InChI is InChI=1S/C20H28N2O2/c1-19(2)9-5-8-17(19)21-18(23)22-14-20(10-12-24-13-11-20)15-6-3-4-7-16(15)22/h3-4,6-7,17H,5,8-14H2,1-2H3,(H,21,23)/t17-/m1/s1. The smallest absolute Gasteiger partial charge is 0.322 e. The molecule has 4 rings (SSSR count). The number of hydrogen-bond acceptors (Lipinski definition) is 2. The number of anilines is 1. The predicted molar refractivity (Wildman–Crippen MR) is 95.5 cm³/mol. The van der Waals surface area contributed by atoms with Gasteiger partial charge in [-0.2, -0.15) is 0 Å². The number of hydrogen-bond donors (Lipinski definition) is 1. The summed E-state index contributed by atoms with van der Waals surface area (Å²) in [5.74, 6) is 0. The summed E-state index contributed by atoms with van der Waals surface area (Å²) in [4.78, 5) is 15.0. The van der Waals surface area contributed by atoms with Gasteiger partial charge in [0.25, 0.3) is 0 Å². The van der Waals surface area contributed by atoms with E-state index in [0.717, 1.165) is 44.7 Å². The summed E-state index contributed by atoms with van der Waals surface area (Å²) >= 11 is 0. The van der Waals surface area contributed by atoms with E-state index in [1.54, 1.807) is 0 Å². The van der Waals surface area contributed by atoms with Crippen molar-refractivity contribution >= 4 is 11.7 Å². The van der Waals surface area contributed by atoms with E-state index in [1.807, 2.05) is 11.0 Å². The summed E-state index contributed by atoms with van der Waals surface area (Å²) in [6, 6.07) is 8.79. The number of amides is 2. The highest BCUT2D eigenvalue weighted by Gasteiger charge is 2.46. The molecule has 0 aromatic heterocycles. The molecule has 0 radical (unpaired) electrons. The second kappa shape index (κ2) is 5.76. The van der Waals surface area contributed by atoms with E-state index in [2.05, 4.69) is 37.4 Å². The summed E-state index contributed by atoms with van der Waals surface area (Å²) in [5.41, 5.74) is 2.70.